The van der Waals surface area contributed by atoms with Crippen LogP contribution >= 0.6 is 0 Å². The van der Waals surface area contributed by atoms with Crippen molar-refractivity contribution in [3.05, 3.63) is 27.8 Å². The van der Waals surface area contributed by atoms with Crippen LogP contribution in [0, 0.1) is 6.92 Å². The van der Waals surface area contributed by atoms with Crippen molar-refractivity contribution in [2.75, 3.05) is 12.3 Å². The van der Waals surface area contributed by atoms with Crippen molar-refractivity contribution in [1.82, 2.24) is 14.0 Å². The molecule has 4 N–H and O–H groups in total. The van der Waals surface area contributed by atoms with E-state index in [-0.39, 0.29) is 5.56 Å². The summed E-state index contributed by atoms with van der Waals surface area (Å²) >= 11 is 0. The van der Waals surface area contributed by atoms with Crippen molar-refractivity contribution in [3.8, 4) is 0 Å². The second kappa shape index (κ2) is 3.64. The van der Waals surface area contributed by atoms with Gasteiger partial charge in [-0.15, -0.1) is 0 Å². The molecule has 2 heterocycles. The van der Waals surface area contributed by atoms with E-state index in [1.54, 1.807) is 17.8 Å². The summed E-state index contributed by atoms with van der Waals surface area (Å²) in [6, 6.07) is 0. The summed E-state index contributed by atoms with van der Waals surface area (Å²) < 4.78 is 3.15. The number of nitrogen functional groups attached to an aromatic ring is 1. The quantitative estimate of drug-likeness (QED) is 0.710. The Hall–Kier alpha value is -1.82. The van der Waals surface area contributed by atoms with Crippen LogP contribution in [0.4, 0.5) is 5.82 Å². The molecule has 0 amide bonds. The molecule has 0 radical (unpaired) electrons. The van der Waals surface area contributed by atoms with Crippen molar-refractivity contribution in [3.63, 3.8) is 0 Å². The van der Waals surface area contributed by atoms with Gasteiger partial charge in [-0.2, -0.15) is 0 Å². The van der Waals surface area contributed by atoms with Gasteiger partial charge in [-0.25, -0.2) is 9.38 Å². The largest absolute Gasteiger partial charge is 0.384 e. The van der Waals surface area contributed by atoms with Gasteiger partial charge in [0.1, 0.15) is 5.82 Å². The first-order valence-electron chi connectivity index (χ1n) is 5.09. The summed E-state index contributed by atoms with van der Waals surface area (Å²) in [6.07, 6.45) is 2.12. The van der Waals surface area contributed by atoms with Crippen molar-refractivity contribution in [2.45, 2.75) is 13.3 Å². The van der Waals surface area contributed by atoms with E-state index in [0.717, 1.165) is 5.69 Å². The van der Waals surface area contributed by atoms with Crippen molar-refractivity contribution >= 4 is 11.6 Å². The molecule has 0 aliphatic heterocycles. The molecule has 16 heavy (non-hydrogen) atoms. The van der Waals surface area contributed by atoms with Crippen LogP contribution in [-0.4, -0.2) is 20.5 Å². The molecule has 86 valence electrons. The molecule has 0 aliphatic carbocycles. The molecule has 6 heteroatoms. The SMILES string of the molecule is Cc1nc2n(C)c(N)cn2c(=O)c1CCN. The molecular formula is C10H15N5O. The summed E-state index contributed by atoms with van der Waals surface area (Å²) in [7, 11) is 1.78. The van der Waals surface area contributed by atoms with Crippen LogP contribution < -0.4 is 17.0 Å². The molecule has 0 saturated carbocycles. The molecule has 0 unspecified atom stereocenters. The average molecular weight is 221 g/mol. The predicted molar refractivity (Wildman–Crippen MR) is 62.3 cm³/mol. The van der Waals surface area contributed by atoms with Crippen LogP contribution in [0.25, 0.3) is 5.78 Å². The topological polar surface area (TPSA) is 91.3 Å². The third-order valence-electron chi connectivity index (χ3n) is 2.74. The molecule has 2 rings (SSSR count). The first-order chi connectivity index (χ1) is 7.56. The van der Waals surface area contributed by atoms with Crippen molar-refractivity contribution in [1.29, 1.82) is 0 Å². The molecule has 0 fully saturated rings. The smallest absolute Gasteiger partial charge is 0.262 e. The minimum atomic E-state index is -0.0831. The number of imidazole rings is 1. The van der Waals surface area contributed by atoms with Crippen molar-refractivity contribution < 1.29 is 0 Å². The lowest BCUT2D eigenvalue weighted by atomic mass is 10.2. The van der Waals surface area contributed by atoms with Crippen molar-refractivity contribution in [2.24, 2.45) is 12.8 Å². The number of aryl methyl sites for hydroxylation is 2. The molecule has 0 spiro atoms. The third-order valence-corrected chi connectivity index (χ3v) is 2.74. The third kappa shape index (κ3) is 1.38. The van der Waals surface area contributed by atoms with Crippen LogP contribution in [0.1, 0.15) is 11.3 Å². The van der Waals surface area contributed by atoms with Crippen LogP contribution in [0.5, 0.6) is 0 Å². The first kappa shape index (κ1) is 10.7. The van der Waals surface area contributed by atoms with Gasteiger partial charge in [-0.3, -0.25) is 9.36 Å². The zero-order valence-electron chi connectivity index (χ0n) is 9.40. The number of aromatic nitrogens is 3. The van der Waals surface area contributed by atoms with Crippen LogP contribution in [0.15, 0.2) is 11.0 Å². The number of hydrogen-bond donors (Lipinski definition) is 2. The molecule has 2 aromatic heterocycles. The molecule has 0 saturated heterocycles. The Balaban J connectivity index is 2.84. The number of fused-ring (bicyclic) bond motifs is 1. The first-order valence-corrected chi connectivity index (χ1v) is 5.09. The lowest BCUT2D eigenvalue weighted by Gasteiger charge is -2.04. The van der Waals surface area contributed by atoms with Gasteiger partial charge < -0.3 is 11.5 Å². The summed E-state index contributed by atoms with van der Waals surface area (Å²) in [5.41, 5.74) is 12.5. The average Bonchev–Trinajstić information content (AvgIpc) is 2.52. The summed E-state index contributed by atoms with van der Waals surface area (Å²) in [4.78, 5) is 16.5. The summed E-state index contributed by atoms with van der Waals surface area (Å²) in [6.45, 7) is 2.25. The highest BCUT2D eigenvalue weighted by atomic mass is 16.1. The predicted octanol–water partition coefficient (Wildman–Crippen LogP) is -0.575. The Kier molecular flexibility index (Phi) is 2.43. The molecular weight excluding hydrogens is 206 g/mol. The number of nitrogens with two attached hydrogens (primary N) is 2. The van der Waals surface area contributed by atoms with Crippen LogP contribution in [0.3, 0.4) is 0 Å². The normalized spacial score (nSPS) is 11.2. The Morgan fingerprint density at radius 1 is 1.50 bits per heavy atom. The second-order valence-corrected chi connectivity index (χ2v) is 3.80. The number of hydrogen-bond acceptors (Lipinski definition) is 4. The standard InChI is InChI=1S/C10H15N5O/c1-6-7(3-4-11)9(16)15-5-8(12)14(2)10(15)13-6/h5H,3-4,11-12H2,1-2H3. The second-order valence-electron chi connectivity index (χ2n) is 3.80. The highest BCUT2D eigenvalue weighted by Gasteiger charge is 2.12. The number of rotatable bonds is 2. The molecule has 2 aromatic rings. The van der Waals surface area contributed by atoms with Gasteiger partial charge in [0.05, 0.1) is 11.9 Å². The maximum absolute atomic E-state index is 12.1. The van der Waals surface area contributed by atoms with Crippen LogP contribution in [0.2, 0.25) is 0 Å². The fourth-order valence-corrected chi connectivity index (χ4v) is 1.78. The minimum Gasteiger partial charge on any atom is -0.384 e. The Bertz CT molecular complexity index is 595. The highest BCUT2D eigenvalue weighted by molar-refractivity contribution is 5.44. The van der Waals surface area contributed by atoms with E-state index < -0.39 is 0 Å². The lowest BCUT2D eigenvalue weighted by molar-refractivity contribution is 0.859. The van der Waals surface area contributed by atoms with Gasteiger partial charge in [0, 0.05) is 12.6 Å². The monoisotopic (exact) mass is 221 g/mol. The minimum absolute atomic E-state index is 0.0831. The van der Waals surface area contributed by atoms with E-state index >= 15 is 0 Å². The van der Waals surface area contributed by atoms with Gasteiger partial charge in [0.25, 0.3) is 5.56 Å². The lowest BCUT2D eigenvalue weighted by Crippen LogP contribution is -2.23. The van der Waals surface area contributed by atoms with E-state index in [2.05, 4.69) is 4.98 Å². The summed E-state index contributed by atoms with van der Waals surface area (Å²) in [5, 5.41) is 0. The molecule has 6 nitrogen and oxygen atoms in total. The zero-order chi connectivity index (χ0) is 11.9. The fourth-order valence-electron chi connectivity index (χ4n) is 1.78. The van der Waals surface area contributed by atoms with Gasteiger partial charge >= 0.3 is 0 Å². The fraction of sp³-hybridized carbons (Fsp3) is 0.400. The van der Waals surface area contributed by atoms with E-state index in [1.165, 1.54) is 4.40 Å². The van der Waals surface area contributed by atoms with E-state index in [0.29, 0.717) is 30.1 Å². The zero-order valence-corrected chi connectivity index (χ0v) is 9.40. The van der Waals surface area contributed by atoms with E-state index in [4.69, 9.17) is 11.5 Å². The maximum atomic E-state index is 12.1. The van der Waals surface area contributed by atoms with Gasteiger partial charge in [0.15, 0.2) is 0 Å². The number of anilines is 1. The Morgan fingerprint density at radius 2 is 2.19 bits per heavy atom. The van der Waals surface area contributed by atoms with E-state index in [1.807, 2.05) is 6.92 Å². The van der Waals surface area contributed by atoms with Gasteiger partial charge in [-0.1, -0.05) is 0 Å². The molecule has 0 bridgehead atoms. The summed E-state index contributed by atoms with van der Waals surface area (Å²) in [5.74, 6) is 1.06. The molecule has 0 aromatic carbocycles. The highest BCUT2D eigenvalue weighted by Crippen LogP contribution is 2.09. The molecule has 0 atom stereocenters. The number of nitrogens with zero attached hydrogens (tertiary/aromatic N) is 3. The van der Waals surface area contributed by atoms with Gasteiger partial charge in [-0.05, 0) is 19.9 Å². The Labute approximate surface area is 92.5 Å². The van der Waals surface area contributed by atoms with Gasteiger partial charge in [0.2, 0.25) is 5.78 Å². The van der Waals surface area contributed by atoms with Crippen LogP contribution in [-0.2, 0) is 13.5 Å². The Morgan fingerprint density at radius 3 is 2.81 bits per heavy atom. The van der Waals surface area contributed by atoms with E-state index in [9.17, 15) is 4.79 Å². The molecule has 0 aliphatic rings. The maximum Gasteiger partial charge on any atom is 0.262 e.